The normalized spacial score (nSPS) is 13.0. The number of likely N-dealkylation sites (N-methyl/N-ethyl adjacent to an activating group) is 1. The summed E-state index contributed by atoms with van der Waals surface area (Å²) >= 11 is 0. The number of carbonyl (C=O) groups is 2. The molecule has 0 aliphatic carbocycles. The van der Waals surface area contributed by atoms with Crippen molar-refractivity contribution in [1.29, 1.82) is 0 Å². The second-order valence-corrected chi connectivity index (χ2v) is 6.35. The molecule has 2 N–H and O–H groups in total. The van der Waals surface area contributed by atoms with E-state index in [0.717, 1.165) is 4.31 Å². The molecule has 0 fully saturated rings. The summed E-state index contributed by atoms with van der Waals surface area (Å²) in [6, 6.07) is -1.04. The third-order valence-electron chi connectivity index (χ3n) is 2.50. The zero-order chi connectivity index (χ0) is 15.1. The number of hydrogen-bond donors (Lipinski definition) is 2. The summed E-state index contributed by atoms with van der Waals surface area (Å²) in [6.45, 7) is 4.54. The van der Waals surface area contributed by atoms with Crippen LogP contribution >= 0.6 is 0 Å². The number of amides is 1. The van der Waals surface area contributed by atoms with Gasteiger partial charge in [0, 0.05) is 7.05 Å². The number of allylic oxidation sites excluding steroid dienone is 1. The van der Waals surface area contributed by atoms with Gasteiger partial charge in [-0.2, -0.15) is 4.31 Å². The fraction of sp³-hybridized carbons (Fsp3) is 0.636. The highest BCUT2D eigenvalue weighted by atomic mass is 32.2. The van der Waals surface area contributed by atoms with Crippen LogP contribution in [0.2, 0.25) is 0 Å². The summed E-state index contributed by atoms with van der Waals surface area (Å²) < 4.78 is 23.8. The summed E-state index contributed by atoms with van der Waals surface area (Å²) in [5, 5.41) is 11.2. The summed E-state index contributed by atoms with van der Waals surface area (Å²) in [5.74, 6) is -1.91. The molecule has 0 saturated heterocycles. The van der Waals surface area contributed by atoms with Crippen LogP contribution in [0.1, 0.15) is 19.8 Å². The maximum absolute atomic E-state index is 11.6. The molecule has 0 bridgehead atoms. The van der Waals surface area contributed by atoms with Crippen molar-refractivity contribution in [2.45, 2.75) is 25.8 Å². The lowest BCUT2D eigenvalue weighted by molar-refractivity contribution is -0.142. The molecule has 0 radical (unpaired) electrons. The van der Waals surface area contributed by atoms with Crippen molar-refractivity contribution in [2.24, 2.45) is 0 Å². The van der Waals surface area contributed by atoms with Gasteiger partial charge in [-0.25, -0.2) is 13.2 Å². The van der Waals surface area contributed by atoms with Gasteiger partial charge in [0.25, 0.3) is 0 Å². The van der Waals surface area contributed by atoms with Crippen LogP contribution < -0.4 is 5.32 Å². The second-order valence-electron chi connectivity index (χ2n) is 3.98. The summed E-state index contributed by atoms with van der Waals surface area (Å²) in [5.41, 5.74) is 0. The van der Waals surface area contributed by atoms with E-state index in [1.807, 2.05) is 0 Å². The van der Waals surface area contributed by atoms with Crippen LogP contribution in [0.15, 0.2) is 12.7 Å². The molecule has 19 heavy (non-hydrogen) atoms. The van der Waals surface area contributed by atoms with Gasteiger partial charge in [-0.05, 0) is 19.8 Å². The van der Waals surface area contributed by atoms with Crippen molar-refractivity contribution in [3.63, 3.8) is 0 Å². The molecule has 1 unspecified atom stereocenters. The van der Waals surface area contributed by atoms with Gasteiger partial charge in [0.2, 0.25) is 15.9 Å². The molecule has 110 valence electrons. The van der Waals surface area contributed by atoms with Crippen LogP contribution in [-0.4, -0.2) is 55.1 Å². The van der Waals surface area contributed by atoms with E-state index in [-0.39, 0.29) is 12.2 Å². The number of aliphatic carboxylic acids is 1. The number of sulfonamides is 1. The molecule has 1 atom stereocenters. The van der Waals surface area contributed by atoms with Crippen molar-refractivity contribution in [3.05, 3.63) is 12.7 Å². The van der Waals surface area contributed by atoms with Crippen molar-refractivity contribution < 1.29 is 23.1 Å². The van der Waals surface area contributed by atoms with E-state index in [9.17, 15) is 18.0 Å². The number of rotatable bonds is 9. The lowest BCUT2D eigenvalue weighted by Crippen LogP contribution is -2.46. The van der Waals surface area contributed by atoms with E-state index in [0.29, 0.717) is 6.42 Å². The van der Waals surface area contributed by atoms with Gasteiger partial charge in [0.15, 0.2) is 0 Å². The first-order valence-corrected chi connectivity index (χ1v) is 7.42. The minimum Gasteiger partial charge on any atom is -0.480 e. The molecular weight excluding hydrogens is 272 g/mol. The number of nitrogens with zero attached hydrogens (tertiary/aromatic N) is 1. The summed E-state index contributed by atoms with van der Waals surface area (Å²) in [6.07, 6.45) is 2.21. The Morgan fingerprint density at radius 2 is 2.05 bits per heavy atom. The maximum Gasteiger partial charge on any atom is 0.326 e. The first-order valence-electron chi connectivity index (χ1n) is 5.81. The Bertz CT molecular complexity index is 432. The van der Waals surface area contributed by atoms with Gasteiger partial charge >= 0.3 is 5.97 Å². The first kappa shape index (κ1) is 17.6. The summed E-state index contributed by atoms with van der Waals surface area (Å²) in [7, 11) is -2.18. The Morgan fingerprint density at radius 1 is 1.47 bits per heavy atom. The Morgan fingerprint density at radius 3 is 2.47 bits per heavy atom. The monoisotopic (exact) mass is 292 g/mol. The third kappa shape index (κ3) is 6.35. The Labute approximate surface area is 113 Å². The van der Waals surface area contributed by atoms with Gasteiger partial charge in [-0.1, -0.05) is 6.08 Å². The highest BCUT2D eigenvalue weighted by Gasteiger charge is 2.22. The first-order chi connectivity index (χ1) is 8.74. The quantitative estimate of drug-likeness (QED) is 0.573. The molecule has 0 rings (SSSR count). The lowest BCUT2D eigenvalue weighted by atomic mass is 10.1. The SMILES string of the molecule is C=CCCC(NC(=O)CN(C)S(=O)(=O)CC)C(=O)O. The largest absolute Gasteiger partial charge is 0.480 e. The molecule has 1 amide bonds. The maximum atomic E-state index is 11.6. The van der Waals surface area contributed by atoms with Gasteiger partial charge in [-0.15, -0.1) is 6.58 Å². The van der Waals surface area contributed by atoms with Crippen molar-refractivity contribution in [3.8, 4) is 0 Å². The minimum atomic E-state index is -3.46. The molecule has 8 heteroatoms. The third-order valence-corrected chi connectivity index (χ3v) is 4.31. The van der Waals surface area contributed by atoms with E-state index in [1.54, 1.807) is 6.08 Å². The zero-order valence-electron chi connectivity index (χ0n) is 11.1. The molecule has 0 aliphatic heterocycles. The Balaban J connectivity index is 4.50. The highest BCUT2D eigenvalue weighted by Crippen LogP contribution is 2.00. The highest BCUT2D eigenvalue weighted by molar-refractivity contribution is 7.89. The topological polar surface area (TPSA) is 104 Å². The van der Waals surface area contributed by atoms with Gasteiger partial charge in [0.05, 0.1) is 12.3 Å². The average Bonchev–Trinajstić information content (AvgIpc) is 2.33. The van der Waals surface area contributed by atoms with E-state index in [2.05, 4.69) is 11.9 Å². The Kier molecular flexibility index (Phi) is 7.32. The van der Waals surface area contributed by atoms with E-state index >= 15 is 0 Å². The van der Waals surface area contributed by atoms with E-state index in [1.165, 1.54) is 14.0 Å². The van der Waals surface area contributed by atoms with Crippen molar-refractivity contribution in [1.82, 2.24) is 9.62 Å². The molecule has 0 aliphatic rings. The minimum absolute atomic E-state index is 0.115. The summed E-state index contributed by atoms with van der Waals surface area (Å²) in [4.78, 5) is 22.5. The van der Waals surface area contributed by atoms with Gasteiger partial charge in [-0.3, -0.25) is 4.79 Å². The molecule has 0 aromatic carbocycles. The number of carboxylic acid groups (broad SMARTS) is 1. The lowest BCUT2D eigenvalue weighted by Gasteiger charge is -2.18. The molecule has 0 saturated carbocycles. The van der Waals surface area contributed by atoms with Crippen LogP contribution in [0.4, 0.5) is 0 Å². The number of hydrogen-bond acceptors (Lipinski definition) is 4. The smallest absolute Gasteiger partial charge is 0.326 e. The molecule has 0 aromatic rings. The van der Waals surface area contributed by atoms with E-state index in [4.69, 9.17) is 5.11 Å². The second kappa shape index (κ2) is 7.90. The van der Waals surface area contributed by atoms with Crippen LogP contribution in [0.25, 0.3) is 0 Å². The van der Waals surface area contributed by atoms with Crippen LogP contribution in [0.5, 0.6) is 0 Å². The molecule has 0 aromatic heterocycles. The standard InChI is InChI=1S/C11H20N2O5S/c1-4-6-7-9(11(15)16)12-10(14)8-13(3)19(17,18)5-2/h4,9H,1,5-8H2,2-3H3,(H,12,14)(H,15,16). The number of carbonyl (C=O) groups excluding carboxylic acids is 1. The fourth-order valence-corrected chi connectivity index (χ4v) is 2.06. The predicted octanol–water partition coefficient (Wildman–Crippen LogP) is -0.196. The Hall–Kier alpha value is -1.41. The van der Waals surface area contributed by atoms with Gasteiger partial charge in [0.1, 0.15) is 6.04 Å². The molecule has 0 heterocycles. The van der Waals surface area contributed by atoms with Gasteiger partial charge < -0.3 is 10.4 Å². The molecular formula is C11H20N2O5S. The number of carboxylic acids is 1. The number of nitrogens with one attached hydrogen (secondary N) is 1. The van der Waals surface area contributed by atoms with Crippen LogP contribution in [0, 0.1) is 0 Å². The predicted molar refractivity (Wildman–Crippen MR) is 71.1 cm³/mol. The van der Waals surface area contributed by atoms with Crippen molar-refractivity contribution >= 4 is 21.9 Å². The van der Waals surface area contributed by atoms with Crippen molar-refractivity contribution in [2.75, 3.05) is 19.3 Å². The molecule has 7 nitrogen and oxygen atoms in total. The van der Waals surface area contributed by atoms with E-state index < -0.39 is 34.5 Å². The average molecular weight is 292 g/mol. The fourth-order valence-electron chi connectivity index (χ4n) is 1.30. The van der Waals surface area contributed by atoms with Crippen LogP contribution in [0.3, 0.4) is 0 Å². The zero-order valence-corrected chi connectivity index (χ0v) is 11.9. The van der Waals surface area contributed by atoms with Crippen LogP contribution in [-0.2, 0) is 19.6 Å². The molecule has 0 spiro atoms.